The van der Waals surface area contributed by atoms with Gasteiger partial charge in [-0.1, -0.05) is 18.2 Å². The van der Waals surface area contributed by atoms with Crippen LogP contribution < -0.4 is 15.0 Å². The molecule has 0 bridgehead atoms. The summed E-state index contributed by atoms with van der Waals surface area (Å²) in [6, 6.07) is 13.2. The second-order valence-electron chi connectivity index (χ2n) is 5.59. The van der Waals surface area contributed by atoms with Crippen LogP contribution >= 0.6 is 0 Å². The van der Waals surface area contributed by atoms with E-state index in [1.807, 2.05) is 44.1 Å². The van der Waals surface area contributed by atoms with Gasteiger partial charge < -0.3 is 15.0 Å². The van der Waals surface area contributed by atoms with E-state index in [2.05, 4.69) is 10.1 Å². The van der Waals surface area contributed by atoms with Crippen LogP contribution in [0, 0.1) is 0 Å². The van der Waals surface area contributed by atoms with E-state index in [1.54, 1.807) is 18.2 Å². The number of carbonyl (C=O) groups is 1. The Morgan fingerprint density at radius 1 is 1.12 bits per heavy atom. The summed E-state index contributed by atoms with van der Waals surface area (Å²) in [4.78, 5) is 14.3. The van der Waals surface area contributed by atoms with E-state index in [0.29, 0.717) is 5.56 Å². The van der Waals surface area contributed by atoms with E-state index < -0.39 is 6.61 Å². The van der Waals surface area contributed by atoms with Gasteiger partial charge in [0, 0.05) is 25.3 Å². The maximum atomic E-state index is 12.4. The largest absolute Gasteiger partial charge is 0.435 e. The molecule has 1 unspecified atom stereocenters. The maximum absolute atomic E-state index is 12.4. The maximum Gasteiger partial charge on any atom is 0.387 e. The monoisotopic (exact) mass is 334 g/mol. The Balaban J connectivity index is 2.04. The van der Waals surface area contributed by atoms with Crippen molar-refractivity contribution in [1.82, 2.24) is 5.32 Å². The van der Waals surface area contributed by atoms with Crippen LogP contribution in [0.3, 0.4) is 0 Å². The summed E-state index contributed by atoms with van der Waals surface area (Å²) in [5.41, 5.74) is 2.29. The quantitative estimate of drug-likeness (QED) is 0.872. The minimum absolute atomic E-state index is 0.0889. The van der Waals surface area contributed by atoms with Crippen LogP contribution in [0.5, 0.6) is 5.75 Å². The number of hydrogen-bond donors (Lipinski definition) is 1. The minimum Gasteiger partial charge on any atom is -0.435 e. The first kappa shape index (κ1) is 17.7. The Bertz CT molecular complexity index is 688. The Kier molecular flexibility index (Phi) is 5.73. The van der Waals surface area contributed by atoms with Crippen molar-refractivity contribution in [3.8, 4) is 5.75 Å². The van der Waals surface area contributed by atoms with Crippen molar-refractivity contribution in [1.29, 1.82) is 0 Å². The molecule has 0 heterocycles. The number of alkyl halides is 2. The summed E-state index contributed by atoms with van der Waals surface area (Å²) in [5.74, 6) is -0.106. The molecule has 0 aliphatic heterocycles. The van der Waals surface area contributed by atoms with Crippen LogP contribution in [0.4, 0.5) is 14.5 Å². The fourth-order valence-electron chi connectivity index (χ4n) is 2.23. The molecule has 0 saturated heterocycles. The predicted octanol–water partition coefficient (Wildman–Crippen LogP) is 3.85. The third-order valence-corrected chi connectivity index (χ3v) is 3.58. The lowest BCUT2D eigenvalue weighted by Gasteiger charge is -2.17. The Labute approximate surface area is 140 Å². The fraction of sp³-hybridized carbons (Fsp3) is 0.278. The molecule has 0 aliphatic rings. The van der Waals surface area contributed by atoms with Crippen LogP contribution in [-0.4, -0.2) is 26.6 Å². The second kappa shape index (κ2) is 7.77. The van der Waals surface area contributed by atoms with E-state index >= 15 is 0 Å². The number of nitrogens with one attached hydrogen (secondary N) is 1. The fourth-order valence-corrected chi connectivity index (χ4v) is 2.23. The average Bonchev–Trinajstić information content (AvgIpc) is 2.55. The normalized spacial score (nSPS) is 11.9. The molecule has 1 amide bonds. The van der Waals surface area contributed by atoms with Crippen LogP contribution in [0.2, 0.25) is 0 Å². The van der Waals surface area contributed by atoms with Gasteiger partial charge in [0.15, 0.2) is 0 Å². The van der Waals surface area contributed by atoms with Crippen molar-refractivity contribution in [3.63, 3.8) is 0 Å². The molecule has 24 heavy (non-hydrogen) atoms. The molecule has 0 aromatic heterocycles. The van der Waals surface area contributed by atoms with Gasteiger partial charge in [0.1, 0.15) is 5.75 Å². The molecule has 2 aromatic carbocycles. The molecule has 1 N–H and O–H groups in total. The Morgan fingerprint density at radius 3 is 2.38 bits per heavy atom. The van der Waals surface area contributed by atoms with Crippen molar-refractivity contribution < 1.29 is 18.3 Å². The summed E-state index contributed by atoms with van der Waals surface area (Å²) in [7, 11) is 3.81. The summed E-state index contributed by atoms with van der Waals surface area (Å²) in [6.07, 6.45) is 0. The number of carbonyl (C=O) groups excluding carboxylic acids is 1. The zero-order chi connectivity index (χ0) is 17.7. The topological polar surface area (TPSA) is 41.6 Å². The van der Waals surface area contributed by atoms with Gasteiger partial charge in [-0.25, -0.2) is 0 Å². The standard InChI is InChI=1S/C18H20F2N2O2/c1-12(13-7-9-16(10-8-13)24-18(19)20)21-17(23)14-5-4-6-15(11-14)22(2)3/h4-12,18H,1-3H3,(H,21,23). The van der Waals surface area contributed by atoms with E-state index in [4.69, 9.17) is 0 Å². The summed E-state index contributed by atoms with van der Waals surface area (Å²) < 4.78 is 28.6. The van der Waals surface area contributed by atoms with E-state index in [1.165, 1.54) is 12.1 Å². The Hall–Kier alpha value is -2.63. The van der Waals surface area contributed by atoms with Gasteiger partial charge in [0.25, 0.3) is 5.91 Å². The highest BCUT2D eigenvalue weighted by atomic mass is 19.3. The first-order valence-electron chi connectivity index (χ1n) is 7.50. The predicted molar refractivity (Wildman–Crippen MR) is 89.7 cm³/mol. The molecule has 2 aromatic rings. The number of nitrogens with zero attached hydrogens (tertiary/aromatic N) is 1. The van der Waals surface area contributed by atoms with E-state index in [9.17, 15) is 13.6 Å². The molecule has 4 nitrogen and oxygen atoms in total. The molecule has 0 spiro atoms. The SMILES string of the molecule is CC(NC(=O)c1cccc(N(C)C)c1)c1ccc(OC(F)F)cc1. The van der Waals surface area contributed by atoms with Gasteiger partial charge in [0.2, 0.25) is 0 Å². The number of ether oxygens (including phenoxy) is 1. The van der Waals surface area contributed by atoms with Crippen LogP contribution in [-0.2, 0) is 0 Å². The first-order valence-corrected chi connectivity index (χ1v) is 7.50. The molecule has 6 heteroatoms. The van der Waals surface area contributed by atoms with Gasteiger partial charge in [0.05, 0.1) is 6.04 Å². The second-order valence-corrected chi connectivity index (χ2v) is 5.59. The van der Waals surface area contributed by atoms with Gasteiger partial charge in [-0.2, -0.15) is 8.78 Å². The molecular formula is C18H20F2N2O2. The number of anilines is 1. The minimum atomic E-state index is -2.85. The summed E-state index contributed by atoms with van der Waals surface area (Å²) in [5, 5.41) is 2.89. The summed E-state index contributed by atoms with van der Waals surface area (Å²) in [6.45, 7) is -1.02. The van der Waals surface area contributed by atoms with E-state index in [-0.39, 0.29) is 17.7 Å². The van der Waals surface area contributed by atoms with Crippen LogP contribution in [0.1, 0.15) is 28.9 Å². The molecule has 0 fully saturated rings. The van der Waals surface area contributed by atoms with Crippen molar-refractivity contribution in [2.75, 3.05) is 19.0 Å². The first-order chi connectivity index (χ1) is 11.4. The molecule has 1 atom stereocenters. The van der Waals surface area contributed by atoms with Gasteiger partial charge in [-0.05, 0) is 42.8 Å². The molecular weight excluding hydrogens is 314 g/mol. The van der Waals surface area contributed by atoms with E-state index in [0.717, 1.165) is 11.3 Å². The highest BCUT2D eigenvalue weighted by Crippen LogP contribution is 2.20. The van der Waals surface area contributed by atoms with Crippen molar-refractivity contribution in [2.24, 2.45) is 0 Å². The van der Waals surface area contributed by atoms with Crippen molar-refractivity contribution >= 4 is 11.6 Å². The lowest BCUT2D eigenvalue weighted by Crippen LogP contribution is -2.26. The molecule has 128 valence electrons. The highest BCUT2D eigenvalue weighted by Gasteiger charge is 2.13. The van der Waals surface area contributed by atoms with Crippen LogP contribution in [0.25, 0.3) is 0 Å². The molecule has 2 rings (SSSR count). The molecule has 0 aliphatic carbocycles. The third kappa shape index (κ3) is 4.68. The summed E-state index contributed by atoms with van der Waals surface area (Å²) >= 11 is 0. The van der Waals surface area contributed by atoms with Gasteiger partial charge in [-0.3, -0.25) is 4.79 Å². The van der Waals surface area contributed by atoms with Crippen molar-refractivity contribution in [3.05, 3.63) is 59.7 Å². The smallest absolute Gasteiger partial charge is 0.387 e. The average molecular weight is 334 g/mol. The molecule has 0 saturated carbocycles. The number of amides is 1. The zero-order valence-corrected chi connectivity index (χ0v) is 13.8. The Morgan fingerprint density at radius 2 is 1.79 bits per heavy atom. The van der Waals surface area contributed by atoms with Gasteiger partial charge >= 0.3 is 6.61 Å². The number of rotatable bonds is 6. The lowest BCUT2D eigenvalue weighted by molar-refractivity contribution is -0.0498. The van der Waals surface area contributed by atoms with Crippen molar-refractivity contribution in [2.45, 2.75) is 19.6 Å². The molecule has 0 radical (unpaired) electrons. The number of hydrogen-bond acceptors (Lipinski definition) is 3. The van der Waals surface area contributed by atoms with Crippen LogP contribution in [0.15, 0.2) is 48.5 Å². The zero-order valence-electron chi connectivity index (χ0n) is 13.8. The third-order valence-electron chi connectivity index (χ3n) is 3.58. The lowest BCUT2D eigenvalue weighted by atomic mass is 10.1. The highest BCUT2D eigenvalue weighted by molar-refractivity contribution is 5.95. The number of benzene rings is 2. The van der Waals surface area contributed by atoms with Gasteiger partial charge in [-0.15, -0.1) is 0 Å². The number of halogens is 2.